The lowest BCUT2D eigenvalue weighted by molar-refractivity contribution is -0.143. The molecular formula is C10H14N2O3S. The van der Waals surface area contributed by atoms with E-state index in [0.29, 0.717) is 5.69 Å². The maximum Gasteiger partial charge on any atom is 0.311 e. The van der Waals surface area contributed by atoms with Gasteiger partial charge in [0, 0.05) is 5.38 Å². The minimum atomic E-state index is -0.477. The average Bonchev–Trinajstić information content (AvgIpc) is 2.65. The van der Waals surface area contributed by atoms with Gasteiger partial charge in [0.05, 0.1) is 23.5 Å². The molecule has 0 bridgehead atoms. The van der Waals surface area contributed by atoms with Crippen molar-refractivity contribution in [2.75, 3.05) is 6.61 Å². The van der Waals surface area contributed by atoms with Gasteiger partial charge in [-0.25, -0.2) is 4.98 Å². The molecule has 0 spiro atoms. The largest absolute Gasteiger partial charge is 0.465 e. The summed E-state index contributed by atoms with van der Waals surface area (Å²) >= 11 is 1.53. The minimum absolute atomic E-state index is 0.0406. The van der Waals surface area contributed by atoms with Crippen molar-refractivity contribution in [3.05, 3.63) is 16.1 Å². The van der Waals surface area contributed by atoms with Crippen LogP contribution in [-0.4, -0.2) is 23.5 Å². The first kappa shape index (κ1) is 12.6. The maximum atomic E-state index is 11.3. The fourth-order valence-corrected chi connectivity index (χ4v) is 1.80. The molecule has 1 aromatic heterocycles. The van der Waals surface area contributed by atoms with Gasteiger partial charge >= 0.3 is 5.97 Å². The smallest absolute Gasteiger partial charge is 0.311 e. The number of amides is 1. The fraction of sp³-hybridized carbons (Fsp3) is 0.500. The van der Waals surface area contributed by atoms with Crippen molar-refractivity contribution in [2.24, 2.45) is 5.73 Å². The lowest BCUT2D eigenvalue weighted by Gasteiger charge is -2.01. The van der Waals surface area contributed by atoms with Crippen LogP contribution in [0.3, 0.4) is 0 Å². The van der Waals surface area contributed by atoms with Gasteiger partial charge in [0.2, 0.25) is 5.91 Å². The third kappa shape index (κ3) is 4.39. The Labute approximate surface area is 97.6 Å². The monoisotopic (exact) mass is 242 g/mol. The topological polar surface area (TPSA) is 82.3 Å². The van der Waals surface area contributed by atoms with E-state index in [0.717, 1.165) is 11.4 Å². The van der Waals surface area contributed by atoms with E-state index in [1.165, 1.54) is 11.3 Å². The van der Waals surface area contributed by atoms with Crippen molar-refractivity contribution in [2.45, 2.75) is 26.2 Å². The van der Waals surface area contributed by atoms with Gasteiger partial charge in [-0.05, 0) is 6.42 Å². The van der Waals surface area contributed by atoms with E-state index in [9.17, 15) is 9.59 Å². The first-order valence-electron chi connectivity index (χ1n) is 4.99. The molecule has 1 rings (SSSR count). The second kappa shape index (κ2) is 6.22. The molecule has 1 amide bonds. The van der Waals surface area contributed by atoms with Crippen LogP contribution in [0.1, 0.15) is 24.0 Å². The zero-order valence-electron chi connectivity index (χ0n) is 9.06. The van der Waals surface area contributed by atoms with Gasteiger partial charge in [0.1, 0.15) is 6.61 Å². The third-order valence-corrected chi connectivity index (χ3v) is 2.88. The van der Waals surface area contributed by atoms with Gasteiger partial charge in [0.15, 0.2) is 0 Å². The van der Waals surface area contributed by atoms with Crippen molar-refractivity contribution in [3.63, 3.8) is 0 Å². The summed E-state index contributed by atoms with van der Waals surface area (Å²) in [6.45, 7) is 2.05. The van der Waals surface area contributed by atoms with Crippen LogP contribution in [0, 0.1) is 0 Å². The highest BCUT2D eigenvalue weighted by Gasteiger charge is 2.08. The summed E-state index contributed by atoms with van der Waals surface area (Å²) in [5.74, 6) is -0.857. The molecule has 16 heavy (non-hydrogen) atoms. The number of nitrogens with zero attached hydrogens (tertiary/aromatic N) is 1. The summed E-state index contributed by atoms with van der Waals surface area (Å²) in [6.07, 6.45) is 1.07. The SMILES string of the molecule is CCc1nc(CC(=O)OCCC(N)=O)cs1. The summed E-state index contributed by atoms with van der Waals surface area (Å²) in [7, 11) is 0. The maximum absolute atomic E-state index is 11.3. The minimum Gasteiger partial charge on any atom is -0.465 e. The molecule has 0 saturated carbocycles. The van der Waals surface area contributed by atoms with Crippen molar-refractivity contribution in [1.29, 1.82) is 0 Å². The van der Waals surface area contributed by atoms with Crippen LogP contribution in [-0.2, 0) is 27.2 Å². The fourth-order valence-electron chi connectivity index (χ4n) is 1.06. The van der Waals surface area contributed by atoms with Crippen molar-refractivity contribution in [1.82, 2.24) is 4.98 Å². The van der Waals surface area contributed by atoms with E-state index < -0.39 is 5.91 Å². The van der Waals surface area contributed by atoms with Crippen LogP contribution in [0.5, 0.6) is 0 Å². The van der Waals surface area contributed by atoms with Crippen molar-refractivity contribution in [3.8, 4) is 0 Å². The Morgan fingerprint density at radius 1 is 1.56 bits per heavy atom. The van der Waals surface area contributed by atoms with Gasteiger partial charge in [-0.2, -0.15) is 0 Å². The molecule has 0 fully saturated rings. The Balaban J connectivity index is 2.31. The van der Waals surface area contributed by atoms with Gasteiger partial charge in [-0.3, -0.25) is 9.59 Å². The molecule has 0 radical (unpaired) electrons. The number of aryl methyl sites for hydroxylation is 1. The highest BCUT2D eigenvalue weighted by atomic mass is 32.1. The Kier molecular flexibility index (Phi) is 4.91. The second-order valence-corrected chi connectivity index (χ2v) is 4.14. The number of carbonyl (C=O) groups excluding carboxylic acids is 2. The molecule has 2 N–H and O–H groups in total. The van der Waals surface area contributed by atoms with Crippen LogP contribution in [0.4, 0.5) is 0 Å². The number of primary amides is 1. The number of rotatable bonds is 6. The molecule has 6 heteroatoms. The molecule has 0 aromatic carbocycles. The number of hydrogen-bond acceptors (Lipinski definition) is 5. The number of ether oxygens (including phenoxy) is 1. The molecule has 5 nitrogen and oxygen atoms in total. The predicted molar refractivity (Wildman–Crippen MR) is 60.0 cm³/mol. The van der Waals surface area contributed by atoms with Gasteiger partial charge in [-0.15, -0.1) is 11.3 Å². The van der Waals surface area contributed by atoms with Crippen LogP contribution >= 0.6 is 11.3 Å². The van der Waals surface area contributed by atoms with Crippen molar-refractivity contribution >= 4 is 23.2 Å². The molecule has 1 aromatic rings. The standard InChI is InChI=1S/C10H14N2O3S/c1-2-9-12-7(6-16-9)5-10(14)15-4-3-8(11)13/h6H,2-5H2,1H3,(H2,11,13). The first-order valence-corrected chi connectivity index (χ1v) is 5.87. The molecule has 1 heterocycles. The van der Waals surface area contributed by atoms with E-state index in [1.807, 2.05) is 12.3 Å². The zero-order chi connectivity index (χ0) is 12.0. The first-order chi connectivity index (χ1) is 7.61. The van der Waals surface area contributed by atoms with Gasteiger partial charge in [0.25, 0.3) is 0 Å². The quantitative estimate of drug-likeness (QED) is 0.743. The Hall–Kier alpha value is -1.43. The van der Waals surface area contributed by atoms with Crippen LogP contribution in [0.25, 0.3) is 0 Å². The van der Waals surface area contributed by atoms with E-state index in [-0.39, 0.29) is 25.4 Å². The normalized spacial score (nSPS) is 10.1. The summed E-state index contributed by atoms with van der Waals surface area (Å²) in [5.41, 5.74) is 5.63. The summed E-state index contributed by atoms with van der Waals surface area (Å²) in [4.78, 5) is 25.9. The number of carbonyl (C=O) groups is 2. The summed E-state index contributed by atoms with van der Waals surface area (Å²) < 4.78 is 4.82. The Morgan fingerprint density at radius 3 is 2.88 bits per heavy atom. The lowest BCUT2D eigenvalue weighted by atomic mass is 10.3. The highest BCUT2D eigenvalue weighted by Crippen LogP contribution is 2.10. The predicted octanol–water partition coefficient (Wildman–Crippen LogP) is 0.667. The van der Waals surface area contributed by atoms with E-state index in [1.54, 1.807) is 0 Å². The summed E-state index contributed by atoms with van der Waals surface area (Å²) in [5, 5.41) is 2.84. The molecule has 0 aliphatic carbocycles. The molecule has 0 unspecified atom stereocenters. The van der Waals surface area contributed by atoms with E-state index >= 15 is 0 Å². The highest BCUT2D eigenvalue weighted by molar-refractivity contribution is 7.09. The average molecular weight is 242 g/mol. The Morgan fingerprint density at radius 2 is 2.31 bits per heavy atom. The van der Waals surface area contributed by atoms with Crippen LogP contribution in [0.15, 0.2) is 5.38 Å². The van der Waals surface area contributed by atoms with Gasteiger partial charge < -0.3 is 10.5 Å². The summed E-state index contributed by atoms with van der Waals surface area (Å²) in [6, 6.07) is 0. The van der Waals surface area contributed by atoms with E-state index in [2.05, 4.69) is 4.98 Å². The lowest BCUT2D eigenvalue weighted by Crippen LogP contribution is -2.16. The molecule has 0 atom stereocenters. The third-order valence-electron chi connectivity index (χ3n) is 1.84. The zero-order valence-corrected chi connectivity index (χ0v) is 9.88. The van der Waals surface area contributed by atoms with Crippen LogP contribution < -0.4 is 5.73 Å². The molecule has 0 aliphatic rings. The van der Waals surface area contributed by atoms with Crippen LogP contribution in [0.2, 0.25) is 0 Å². The van der Waals surface area contributed by atoms with E-state index in [4.69, 9.17) is 10.5 Å². The molecule has 0 saturated heterocycles. The second-order valence-electron chi connectivity index (χ2n) is 3.20. The number of aromatic nitrogens is 1. The molecule has 88 valence electrons. The molecular weight excluding hydrogens is 228 g/mol. The number of hydrogen-bond donors (Lipinski definition) is 1. The number of esters is 1. The van der Waals surface area contributed by atoms with Gasteiger partial charge in [-0.1, -0.05) is 6.92 Å². The number of thiazole rings is 1. The Bertz CT molecular complexity index is 376. The molecule has 0 aliphatic heterocycles. The van der Waals surface area contributed by atoms with Crippen molar-refractivity contribution < 1.29 is 14.3 Å². The number of nitrogens with two attached hydrogens (primary N) is 1.